The highest BCUT2D eigenvalue weighted by Crippen LogP contribution is 2.65. The summed E-state index contributed by atoms with van der Waals surface area (Å²) in [6.45, 7) is 1.77. The van der Waals surface area contributed by atoms with E-state index in [1.165, 1.54) is 32.1 Å². The molecule has 0 spiro atoms. The molecule has 4 bridgehead atoms. The van der Waals surface area contributed by atoms with Gasteiger partial charge in [-0.1, -0.05) is 0 Å². The van der Waals surface area contributed by atoms with E-state index in [-0.39, 0.29) is 0 Å². The van der Waals surface area contributed by atoms with Gasteiger partial charge in [-0.25, -0.2) is 0 Å². The molecule has 0 aliphatic heterocycles. The molecule has 0 saturated heterocycles. The quantitative estimate of drug-likeness (QED) is 0.635. The van der Waals surface area contributed by atoms with Gasteiger partial charge in [0.2, 0.25) is 0 Å². The third kappa shape index (κ3) is 1.09. The third-order valence-corrected chi connectivity index (χ3v) is 4.67. The maximum Gasteiger partial charge on any atom is 0.130 e. The van der Waals surface area contributed by atoms with Crippen LogP contribution in [0.15, 0.2) is 0 Å². The molecule has 2 atom stereocenters. The van der Waals surface area contributed by atoms with Crippen molar-refractivity contribution in [2.75, 3.05) is 0 Å². The second-order valence-corrected chi connectivity index (χ2v) is 5.85. The fourth-order valence-corrected chi connectivity index (χ4v) is 4.72. The predicted molar refractivity (Wildman–Crippen MR) is 51.3 cm³/mol. The van der Waals surface area contributed by atoms with E-state index >= 15 is 0 Å². The minimum atomic E-state index is 0.418. The Morgan fingerprint density at radius 1 is 1.23 bits per heavy atom. The Labute approximate surface area is 79.9 Å². The zero-order valence-electron chi connectivity index (χ0n) is 8.38. The lowest BCUT2D eigenvalue weighted by molar-refractivity contribution is -0.120. The Bertz CT molecular complexity index is 236. The summed E-state index contributed by atoms with van der Waals surface area (Å²) in [4.78, 5) is 11.2. The smallest absolute Gasteiger partial charge is 0.130 e. The van der Waals surface area contributed by atoms with Gasteiger partial charge in [0.25, 0.3) is 0 Å². The monoisotopic (exact) mass is 178 g/mol. The molecule has 0 amide bonds. The minimum absolute atomic E-state index is 0.418. The Hall–Kier alpha value is -0.330. The number of rotatable bonds is 2. The summed E-state index contributed by atoms with van der Waals surface area (Å²) in [5.41, 5.74) is 0.488. The molecular formula is C12H18O. The van der Waals surface area contributed by atoms with Crippen LogP contribution in [0, 0.1) is 23.2 Å². The number of hydrogen-bond acceptors (Lipinski definition) is 1. The molecule has 4 rings (SSSR count). The van der Waals surface area contributed by atoms with Crippen LogP contribution in [0.1, 0.15) is 45.4 Å². The van der Waals surface area contributed by atoms with Gasteiger partial charge in [-0.15, -0.1) is 0 Å². The second-order valence-electron chi connectivity index (χ2n) is 5.85. The van der Waals surface area contributed by atoms with E-state index in [0.29, 0.717) is 11.2 Å². The normalized spacial score (nSPS) is 51.6. The lowest BCUT2D eigenvalue weighted by Crippen LogP contribution is -2.29. The highest BCUT2D eigenvalue weighted by atomic mass is 16.1. The summed E-state index contributed by atoms with van der Waals surface area (Å²) in [6.07, 6.45) is 8.01. The minimum Gasteiger partial charge on any atom is -0.300 e. The van der Waals surface area contributed by atoms with Crippen LogP contribution in [-0.4, -0.2) is 5.78 Å². The van der Waals surface area contributed by atoms with Crippen molar-refractivity contribution in [3.63, 3.8) is 0 Å². The second kappa shape index (κ2) is 2.37. The molecule has 0 aromatic rings. The van der Waals surface area contributed by atoms with Crippen molar-refractivity contribution in [3.05, 3.63) is 0 Å². The maximum absolute atomic E-state index is 11.2. The standard InChI is InChI=1S/C12H18O/c1-8(13)4-12-5-9-2-10(6-12)11(3-9)7-12/h9-11H,2-7H2,1H3. The molecule has 0 aromatic heterocycles. The van der Waals surface area contributed by atoms with Crippen LogP contribution in [0.25, 0.3) is 0 Å². The van der Waals surface area contributed by atoms with Crippen molar-refractivity contribution in [2.24, 2.45) is 23.2 Å². The number of Topliss-reactive ketones (excluding diaryl/α,β-unsaturated/α-hetero) is 1. The van der Waals surface area contributed by atoms with Gasteiger partial charge in [-0.3, -0.25) is 0 Å². The van der Waals surface area contributed by atoms with E-state index in [9.17, 15) is 4.79 Å². The molecule has 0 N–H and O–H groups in total. The van der Waals surface area contributed by atoms with E-state index in [1.54, 1.807) is 6.92 Å². The molecule has 13 heavy (non-hydrogen) atoms. The van der Waals surface area contributed by atoms with E-state index in [0.717, 1.165) is 24.2 Å². The van der Waals surface area contributed by atoms with Gasteiger partial charge in [0, 0.05) is 6.42 Å². The molecule has 4 saturated carbocycles. The molecule has 4 aliphatic rings. The van der Waals surface area contributed by atoms with Gasteiger partial charge in [-0.05, 0) is 62.2 Å². The largest absolute Gasteiger partial charge is 0.300 e. The molecule has 4 aliphatic carbocycles. The maximum atomic E-state index is 11.2. The molecule has 2 unspecified atom stereocenters. The summed E-state index contributed by atoms with van der Waals surface area (Å²) < 4.78 is 0. The molecule has 0 aromatic carbocycles. The van der Waals surface area contributed by atoms with E-state index in [1.807, 2.05) is 0 Å². The van der Waals surface area contributed by atoms with Crippen LogP contribution in [0.5, 0.6) is 0 Å². The Kier molecular flexibility index (Phi) is 1.46. The molecule has 0 heterocycles. The Morgan fingerprint density at radius 2 is 1.85 bits per heavy atom. The van der Waals surface area contributed by atoms with Gasteiger partial charge in [0.15, 0.2) is 0 Å². The highest BCUT2D eigenvalue weighted by Gasteiger charge is 2.55. The lowest BCUT2D eigenvalue weighted by Gasteiger charge is -2.37. The third-order valence-electron chi connectivity index (χ3n) is 4.67. The van der Waals surface area contributed by atoms with Crippen LogP contribution >= 0.6 is 0 Å². The molecule has 0 radical (unpaired) electrons. The summed E-state index contributed by atoms with van der Waals surface area (Å²) in [5.74, 6) is 3.44. The zero-order chi connectivity index (χ0) is 9.05. The average Bonchev–Trinajstić information content (AvgIpc) is 2.35. The molecular weight excluding hydrogens is 160 g/mol. The van der Waals surface area contributed by atoms with E-state index in [4.69, 9.17) is 0 Å². The van der Waals surface area contributed by atoms with Crippen LogP contribution in [0.2, 0.25) is 0 Å². The molecule has 72 valence electrons. The van der Waals surface area contributed by atoms with Crippen LogP contribution in [0.4, 0.5) is 0 Å². The van der Waals surface area contributed by atoms with Gasteiger partial charge in [-0.2, -0.15) is 0 Å². The SMILES string of the molecule is CC(=O)CC12CC3CC(C1)C(C3)C2. The summed E-state index contributed by atoms with van der Waals surface area (Å²) in [6, 6.07) is 0. The van der Waals surface area contributed by atoms with E-state index in [2.05, 4.69) is 0 Å². The first-order valence-electron chi connectivity index (χ1n) is 5.66. The number of carbonyl (C=O) groups excluding carboxylic acids is 1. The van der Waals surface area contributed by atoms with Crippen molar-refractivity contribution < 1.29 is 4.79 Å². The van der Waals surface area contributed by atoms with E-state index < -0.39 is 0 Å². The van der Waals surface area contributed by atoms with Gasteiger partial charge in [0.1, 0.15) is 5.78 Å². The average molecular weight is 178 g/mol. The lowest BCUT2D eigenvalue weighted by atomic mass is 9.67. The Morgan fingerprint density at radius 3 is 2.31 bits per heavy atom. The van der Waals surface area contributed by atoms with Crippen LogP contribution in [-0.2, 0) is 4.79 Å². The number of hydrogen-bond donors (Lipinski definition) is 0. The molecule has 4 fully saturated rings. The van der Waals surface area contributed by atoms with Crippen molar-refractivity contribution in [2.45, 2.75) is 45.4 Å². The fraction of sp³-hybridized carbons (Fsp3) is 0.917. The van der Waals surface area contributed by atoms with Crippen LogP contribution < -0.4 is 0 Å². The van der Waals surface area contributed by atoms with Crippen molar-refractivity contribution >= 4 is 5.78 Å². The van der Waals surface area contributed by atoms with Gasteiger partial charge >= 0.3 is 0 Å². The van der Waals surface area contributed by atoms with Crippen molar-refractivity contribution in [3.8, 4) is 0 Å². The van der Waals surface area contributed by atoms with Gasteiger partial charge < -0.3 is 4.79 Å². The molecule has 1 heteroatoms. The first-order chi connectivity index (χ1) is 6.17. The summed E-state index contributed by atoms with van der Waals surface area (Å²) in [7, 11) is 0. The van der Waals surface area contributed by atoms with Crippen LogP contribution in [0.3, 0.4) is 0 Å². The predicted octanol–water partition coefficient (Wildman–Crippen LogP) is 2.79. The topological polar surface area (TPSA) is 17.1 Å². The van der Waals surface area contributed by atoms with Gasteiger partial charge in [0.05, 0.1) is 0 Å². The molecule has 1 nitrogen and oxygen atoms in total. The summed E-state index contributed by atoms with van der Waals surface area (Å²) >= 11 is 0. The first kappa shape index (κ1) is 8.02. The summed E-state index contributed by atoms with van der Waals surface area (Å²) in [5, 5.41) is 0. The number of ketones is 1. The first-order valence-corrected chi connectivity index (χ1v) is 5.66. The highest BCUT2D eigenvalue weighted by molar-refractivity contribution is 5.76. The zero-order valence-corrected chi connectivity index (χ0v) is 8.38. The Balaban J connectivity index is 1.84. The number of carbonyl (C=O) groups is 1. The van der Waals surface area contributed by atoms with Crippen molar-refractivity contribution in [1.82, 2.24) is 0 Å². The van der Waals surface area contributed by atoms with Crippen molar-refractivity contribution in [1.29, 1.82) is 0 Å². The fourth-order valence-electron chi connectivity index (χ4n) is 4.72.